The lowest BCUT2D eigenvalue weighted by atomic mass is 10.4. The topological polar surface area (TPSA) is 73.9 Å². The number of nitrogens with one attached hydrogen (secondary N) is 2. The van der Waals surface area contributed by atoms with Crippen LogP contribution in [0.2, 0.25) is 0 Å². The molecule has 0 atom stereocenters. The van der Waals surface area contributed by atoms with E-state index in [1.807, 2.05) is 0 Å². The van der Waals surface area contributed by atoms with Crippen LogP contribution in [0.15, 0.2) is 0 Å². The Labute approximate surface area is 106 Å². The average Bonchev–Trinajstić information content (AvgIpc) is 2.92. The Morgan fingerprint density at radius 1 is 1.39 bits per heavy atom. The maximum Gasteiger partial charge on any atom is 0.291 e. The highest BCUT2D eigenvalue weighted by atomic mass is 16.2. The number of aromatic nitrogens is 3. The SMILES string of the molecule is O=C(NCCN1CCCC1)c1n[nH]c(C2CC2)n1. The van der Waals surface area contributed by atoms with Crippen molar-refractivity contribution >= 4 is 5.91 Å². The van der Waals surface area contributed by atoms with Crippen LogP contribution in [0.25, 0.3) is 0 Å². The fraction of sp³-hybridized carbons (Fsp3) is 0.750. The van der Waals surface area contributed by atoms with E-state index < -0.39 is 0 Å². The zero-order valence-corrected chi connectivity index (χ0v) is 10.5. The molecule has 0 spiro atoms. The van der Waals surface area contributed by atoms with Crippen molar-refractivity contribution < 1.29 is 4.79 Å². The minimum Gasteiger partial charge on any atom is -0.348 e. The number of aromatic amines is 1. The van der Waals surface area contributed by atoms with E-state index in [0.717, 1.165) is 38.3 Å². The van der Waals surface area contributed by atoms with Crippen molar-refractivity contribution in [3.05, 3.63) is 11.6 Å². The van der Waals surface area contributed by atoms with Gasteiger partial charge in [-0.15, -0.1) is 5.10 Å². The van der Waals surface area contributed by atoms with Gasteiger partial charge in [0.25, 0.3) is 5.91 Å². The molecule has 1 aliphatic heterocycles. The Balaban J connectivity index is 1.44. The Morgan fingerprint density at radius 3 is 2.89 bits per heavy atom. The second kappa shape index (κ2) is 5.06. The first-order valence-corrected chi connectivity index (χ1v) is 6.76. The minimum absolute atomic E-state index is 0.169. The fourth-order valence-electron chi connectivity index (χ4n) is 2.33. The Kier molecular flexibility index (Phi) is 3.27. The lowest BCUT2D eigenvalue weighted by molar-refractivity contribution is 0.0939. The molecule has 1 saturated carbocycles. The Hall–Kier alpha value is -1.43. The summed E-state index contributed by atoms with van der Waals surface area (Å²) in [5, 5.41) is 9.69. The van der Waals surface area contributed by atoms with E-state index in [2.05, 4.69) is 25.4 Å². The molecule has 2 heterocycles. The number of carbonyl (C=O) groups excluding carboxylic acids is 1. The highest BCUT2D eigenvalue weighted by molar-refractivity contribution is 5.90. The van der Waals surface area contributed by atoms with Crippen LogP contribution in [0, 0.1) is 0 Å². The van der Waals surface area contributed by atoms with Crippen molar-refractivity contribution in [2.75, 3.05) is 26.2 Å². The van der Waals surface area contributed by atoms with Gasteiger partial charge in [0.2, 0.25) is 5.82 Å². The molecule has 18 heavy (non-hydrogen) atoms. The molecule has 3 rings (SSSR count). The number of hydrogen-bond donors (Lipinski definition) is 2. The van der Waals surface area contributed by atoms with Crippen molar-refractivity contribution in [3.63, 3.8) is 0 Å². The van der Waals surface area contributed by atoms with Crippen molar-refractivity contribution in [2.45, 2.75) is 31.6 Å². The molecule has 0 bridgehead atoms. The van der Waals surface area contributed by atoms with Gasteiger partial charge < -0.3 is 10.2 Å². The molecule has 1 aromatic rings. The first-order chi connectivity index (χ1) is 8.83. The second-order valence-electron chi connectivity index (χ2n) is 5.12. The number of amides is 1. The van der Waals surface area contributed by atoms with Crippen LogP contribution in [0.4, 0.5) is 0 Å². The molecule has 98 valence electrons. The molecular weight excluding hydrogens is 230 g/mol. The second-order valence-corrected chi connectivity index (χ2v) is 5.12. The summed E-state index contributed by atoms with van der Waals surface area (Å²) in [5.41, 5.74) is 0. The van der Waals surface area contributed by atoms with Crippen molar-refractivity contribution in [2.24, 2.45) is 0 Å². The molecule has 1 aromatic heterocycles. The predicted octanol–water partition coefficient (Wildman–Crippen LogP) is 0.508. The standard InChI is InChI=1S/C12H19N5O/c18-12(13-5-8-17-6-1-2-7-17)11-14-10(15-16-11)9-3-4-9/h9H,1-8H2,(H,13,18)(H,14,15,16). The van der Waals surface area contributed by atoms with E-state index in [1.165, 1.54) is 12.8 Å². The van der Waals surface area contributed by atoms with E-state index in [0.29, 0.717) is 12.5 Å². The molecule has 2 aliphatic rings. The van der Waals surface area contributed by atoms with E-state index >= 15 is 0 Å². The summed E-state index contributed by atoms with van der Waals surface area (Å²) < 4.78 is 0. The maximum absolute atomic E-state index is 11.8. The normalized spacial score (nSPS) is 20.2. The van der Waals surface area contributed by atoms with Crippen molar-refractivity contribution in [3.8, 4) is 0 Å². The molecule has 6 heteroatoms. The van der Waals surface area contributed by atoms with E-state index in [9.17, 15) is 4.79 Å². The largest absolute Gasteiger partial charge is 0.348 e. The van der Waals surface area contributed by atoms with Crippen molar-refractivity contribution in [1.29, 1.82) is 0 Å². The smallest absolute Gasteiger partial charge is 0.291 e. The molecular formula is C12H19N5O. The molecule has 2 N–H and O–H groups in total. The van der Waals surface area contributed by atoms with Crippen LogP contribution >= 0.6 is 0 Å². The van der Waals surface area contributed by atoms with Gasteiger partial charge in [-0.3, -0.25) is 9.89 Å². The molecule has 0 unspecified atom stereocenters. The molecule has 1 amide bonds. The van der Waals surface area contributed by atoms with E-state index in [-0.39, 0.29) is 11.7 Å². The summed E-state index contributed by atoms with van der Waals surface area (Å²) in [7, 11) is 0. The van der Waals surface area contributed by atoms with Crippen LogP contribution in [0.1, 0.15) is 48.0 Å². The van der Waals surface area contributed by atoms with Crippen molar-refractivity contribution in [1.82, 2.24) is 25.4 Å². The fourth-order valence-corrected chi connectivity index (χ4v) is 2.33. The first kappa shape index (κ1) is 11.6. The number of carbonyl (C=O) groups is 1. The van der Waals surface area contributed by atoms with Crippen LogP contribution < -0.4 is 5.32 Å². The summed E-state index contributed by atoms with van der Waals surface area (Å²) in [6.45, 7) is 3.91. The molecule has 6 nitrogen and oxygen atoms in total. The van der Waals surface area contributed by atoms with Crippen LogP contribution in [-0.4, -0.2) is 52.2 Å². The van der Waals surface area contributed by atoms with Crippen LogP contribution in [0.3, 0.4) is 0 Å². The van der Waals surface area contributed by atoms with E-state index in [1.54, 1.807) is 0 Å². The van der Waals surface area contributed by atoms with Gasteiger partial charge in [-0.25, -0.2) is 4.98 Å². The number of H-pyrrole nitrogens is 1. The van der Waals surface area contributed by atoms with Crippen LogP contribution in [0.5, 0.6) is 0 Å². The van der Waals surface area contributed by atoms with Gasteiger partial charge in [0.15, 0.2) is 0 Å². The third-order valence-electron chi connectivity index (χ3n) is 3.58. The monoisotopic (exact) mass is 249 g/mol. The summed E-state index contributed by atoms with van der Waals surface area (Å²) >= 11 is 0. The molecule has 0 radical (unpaired) electrons. The Morgan fingerprint density at radius 2 is 2.17 bits per heavy atom. The van der Waals surface area contributed by atoms with Gasteiger partial charge in [-0.1, -0.05) is 0 Å². The number of hydrogen-bond acceptors (Lipinski definition) is 4. The quantitative estimate of drug-likeness (QED) is 0.797. The highest BCUT2D eigenvalue weighted by Crippen LogP contribution is 2.37. The molecule has 0 aromatic carbocycles. The van der Waals surface area contributed by atoms with Gasteiger partial charge in [0.05, 0.1) is 0 Å². The number of nitrogens with zero attached hydrogens (tertiary/aromatic N) is 3. The zero-order valence-electron chi connectivity index (χ0n) is 10.5. The number of likely N-dealkylation sites (tertiary alicyclic amines) is 1. The average molecular weight is 249 g/mol. The van der Waals surface area contributed by atoms with Gasteiger partial charge in [0.1, 0.15) is 5.82 Å². The molecule has 1 aliphatic carbocycles. The van der Waals surface area contributed by atoms with Gasteiger partial charge >= 0.3 is 0 Å². The van der Waals surface area contributed by atoms with Gasteiger partial charge in [0, 0.05) is 19.0 Å². The maximum atomic E-state index is 11.8. The molecule has 1 saturated heterocycles. The van der Waals surface area contributed by atoms with Gasteiger partial charge in [-0.2, -0.15) is 0 Å². The third-order valence-corrected chi connectivity index (χ3v) is 3.58. The lowest BCUT2D eigenvalue weighted by Crippen LogP contribution is -2.33. The van der Waals surface area contributed by atoms with Crippen LogP contribution in [-0.2, 0) is 0 Å². The zero-order chi connectivity index (χ0) is 12.4. The Bertz CT molecular complexity index is 420. The predicted molar refractivity (Wildman–Crippen MR) is 66.4 cm³/mol. The minimum atomic E-state index is -0.169. The first-order valence-electron chi connectivity index (χ1n) is 6.76. The van der Waals surface area contributed by atoms with Gasteiger partial charge in [-0.05, 0) is 38.8 Å². The third kappa shape index (κ3) is 2.69. The molecule has 2 fully saturated rings. The number of rotatable bonds is 5. The summed E-state index contributed by atoms with van der Waals surface area (Å²) in [5.74, 6) is 1.47. The summed E-state index contributed by atoms with van der Waals surface area (Å²) in [6.07, 6.45) is 4.87. The summed E-state index contributed by atoms with van der Waals surface area (Å²) in [4.78, 5) is 18.4. The highest BCUT2D eigenvalue weighted by Gasteiger charge is 2.28. The summed E-state index contributed by atoms with van der Waals surface area (Å²) in [6, 6.07) is 0. The lowest BCUT2D eigenvalue weighted by Gasteiger charge is -2.13. The van der Waals surface area contributed by atoms with E-state index in [4.69, 9.17) is 0 Å².